The van der Waals surface area contributed by atoms with E-state index in [1.807, 2.05) is 5.38 Å². The fourth-order valence-corrected chi connectivity index (χ4v) is 7.39. The summed E-state index contributed by atoms with van der Waals surface area (Å²) in [6, 6.07) is 3.74. The number of halogens is 2. The van der Waals surface area contributed by atoms with Gasteiger partial charge in [-0.15, -0.1) is 11.3 Å². The summed E-state index contributed by atoms with van der Waals surface area (Å²) in [6.07, 6.45) is 2.54. The summed E-state index contributed by atoms with van der Waals surface area (Å²) in [6.45, 7) is 3.29. The Morgan fingerprint density at radius 2 is 2.24 bits per heavy atom. The third-order valence-electron chi connectivity index (χ3n) is 8.23. The van der Waals surface area contributed by atoms with Crippen molar-refractivity contribution in [3.63, 3.8) is 0 Å². The number of piperidine rings is 1. The van der Waals surface area contributed by atoms with Crippen LogP contribution in [0.4, 0.5) is 4.39 Å². The molecule has 200 valence electrons. The summed E-state index contributed by atoms with van der Waals surface area (Å²) in [5, 5.41) is 15.0. The van der Waals surface area contributed by atoms with Crippen LogP contribution in [-0.4, -0.2) is 71.2 Å². The largest absolute Gasteiger partial charge is 0.481 e. The number of carbonyl (C=O) groups excluding carboxylic acids is 1. The van der Waals surface area contributed by atoms with Gasteiger partial charge in [-0.1, -0.05) is 23.7 Å². The summed E-state index contributed by atoms with van der Waals surface area (Å²) < 4.78 is 25.8. The maximum Gasteiger partial charge on any atom is 0.338 e. The molecule has 2 saturated heterocycles. The van der Waals surface area contributed by atoms with E-state index >= 15 is 0 Å². The number of carboxylic acid groups (broad SMARTS) is 1. The summed E-state index contributed by atoms with van der Waals surface area (Å²) in [5.41, 5.74) is 1.03. The van der Waals surface area contributed by atoms with Crippen LogP contribution in [0.5, 0.6) is 0 Å². The highest BCUT2D eigenvalue weighted by molar-refractivity contribution is 7.11. The smallest absolute Gasteiger partial charge is 0.338 e. The Morgan fingerprint density at radius 3 is 2.97 bits per heavy atom. The van der Waals surface area contributed by atoms with E-state index in [0.717, 1.165) is 6.42 Å². The SMILES string of the molecule is CCOC(=O)C1=C(CN2[C@@H]3COCC34[C@@H](CC(=O)O)C[C@@H]24)NC(c2nccs2)=N[C@H]1c1cccc(F)c1Cl. The number of rotatable bonds is 8. The minimum atomic E-state index is -0.903. The topological polar surface area (TPSA) is 113 Å². The Kier molecular flexibility index (Phi) is 6.50. The lowest BCUT2D eigenvalue weighted by Gasteiger charge is -2.71. The van der Waals surface area contributed by atoms with Crippen molar-refractivity contribution in [1.29, 1.82) is 0 Å². The van der Waals surface area contributed by atoms with Gasteiger partial charge in [0.1, 0.15) is 11.9 Å². The standard InChI is InChI=1S/C26H26ClFN4O5S/c1-2-37-25(35)20-16(10-32-17-8-13(9-19(33)34)26(17)12-36-11-18(26)32)30-23(24-29-6-7-38-24)31-22(20)14-4-3-5-15(28)21(14)27/h3-7,13,17-18,22H,2,8-12H2,1H3,(H,30,31)(H,33,34)/t13-,17-,18-,22+,26?/m1/s1. The molecule has 38 heavy (non-hydrogen) atoms. The van der Waals surface area contributed by atoms with Crippen molar-refractivity contribution in [2.24, 2.45) is 16.3 Å². The third-order valence-corrected chi connectivity index (χ3v) is 9.41. The number of carboxylic acids is 1. The maximum atomic E-state index is 14.5. The van der Waals surface area contributed by atoms with Crippen molar-refractivity contribution in [3.05, 3.63) is 62.5 Å². The number of aliphatic carboxylic acids is 1. The van der Waals surface area contributed by atoms with E-state index in [0.29, 0.717) is 41.9 Å². The number of aromatic nitrogens is 1. The molecule has 6 rings (SSSR count). The van der Waals surface area contributed by atoms with E-state index < -0.39 is 23.8 Å². The molecule has 2 N–H and O–H groups in total. The van der Waals surface area contributed by atoms with Gasteiger partial charge in [-0.2, -0.15) is 0 Å². The molecule has 4 aliphatic rings. The van der Waals surface area contributed by atoms with Crippen molar-refractivity contribution >= 4 is 40.7 Å². The van der Waals surface area contributed by atoms with Gasteiger partial charge in [-0.05, 0) is 25.3 Å². The van der Waals surface area contributed by atoms with Crippen molar-refractivity contribution in [2.75, 3.05) is 26.4 Å². The summed E-state index contributed by atoms with van der Waals surface area (Å²) >= 11 is 7.78. The molecular formula is C26H26ClFN4O5S. The average Bonchev–Trinajstić information content (AvgIpc) is 3.57. The molecule has 1 spiro atoms. The van der Waals surface area contributed by atoms with Crippen LogP contribution in [0, 0.1) is 17.2 Å². The predicted octanol–water partition coefficient (Wildman–Crippen LogP) is 3.41. The zero-order chi connectivity index (χ0) is 26.6. The summed E-state index contributed by atoms with van der Waals surface area (Å²) in [5.74, 6) is -1.44. The van der Waals surface area contributed by atoms with Gasteiger partial charge in [0.15, 0.2) is 10.8 Å². The highest BCUT2D eigenvalue weighted by Crippen LogP contribution is 2.65. The molecule has 0 amide bonds. The first kappa shape index (κ1) is 25.4. The Bertz CT molecular complexity index is 1350. The van der Waals surface area contributed by atoms with E-state index in [1.165, 1.54) is 23.5 Å². The number of amidine groups is 1. The first-order valence-electron chi connectivity index (χ1n) is 12.5. The molecular weight excluding hydrogens is 535 g/mol. The van der Waals surface area contributed by atoms with Crippen LogP contribution in [-0.2, 0) is 19.1 Å². The molecule has 1 unspecified atom stereocenters. The van der Waals surface area contributed by atoms with Crippen LogP contribution in [0.15, 0.2) is 46.0 Å². The van der Waals surface area contributed by atoms with Crippen molar-refractivity contribution in [3.8, 4) is 0 Å². The van der Waals surface area contributed by atoms with Gasteiger partial charge in [0, 0.05) is 53.3 Å². The molecule has 2 aromatic rings. The van der Waals surface area contributed by atoms with Crippen LogP contribution >= 0.6 is 22.9 Å². The average molecular weight is 561 g/mol. The molecule has 1 saturated carbocycles. The Balaban J connectivity index is 1.40. The number of likely N-dealkylation sites (tertiary alicyclic amines) is 1. The number of carbonyl (C=O) groups is 2. The van der Waals surface area contributed by atoms with Crippen LogP contribution in [0.1, 0.15) is 36.4 Å². The lowest BCUT2D eigenvalue weighted by atomic mass is 9.46. The fourth-order valence-electron chi connectivity index (χ4n) is 6.57. The van der Waals surface area contributed by atoms with Crippen molar-refractivity contribution in [2.45, 2.75) is 37.9 Å². The van der Waals surface area contributed by atoms with E-state index in [1.54, 1.807) is 19.2 Å². The maximum absolute atomic E-state index is 14.5. The zero-order valence-electron chi connectivity index (χ0n) is 20.5. The Labute approximate surface area is 227 Å². The van der Waals surface area contributed by atoms with Gasteiger partial charge in [0.25, 0.3) is 0 Å². The van der Waals surface area contributed by atoms with Gasteiger partial charge < -0.3 is 19.9 Å². The molecule has 1 aliphatic carbocycles. The lowest BCUT2D eigenvalue weighted by Crippen LogP contribution is -2.80. The number of nitrogens with one attached hydrogen (secondary N) is 1. The number of esters is 1. The second-order valence-corrected chi connectivity index (χ2v) is 11.2. The number of hydrogen-bond acceptors (Lipinski definition) is 9. The summed E-state index contributed by atoms with van der Waals surface area (Å²) in [4.78, 5) is 36.2. The van der Waals surface area contributed by atoms with Crippen LogP contribution in [0.2, 0.25) is 5.02 Å². The molecule has 9 nitrogen and oxygen atoms in total. The normalized spacial score (nSPS) is 29.9. The quantitative estimate of drug-likeness (QED) is 0.472. The number of nitrogens with zero attached hydrogens (tertiary/aromatic N) is 3. The van der Waals surface area contributed by atoms with Crippen LogP contribution in [0.25, 0.3) is 0 Å². The first-order chi connectivity index (χ1) is 18.3. The van der Waals surface area contributed by atoms with E-state index in [-0.39, 0.29) is 47.0 Å². The molecule has 4 heterocycles. The number of ether oxygens (including phenoxy) is 2. The molecule has 3 aliphatic heterocycles. The van der Waals surface area contributed by atoms with Crippen molar-refractivity contribution < 1.29 is 28.6 Å². The monoisotopic (exact) mass is 560 g/mol. The number of hydrogen-bond donors (Lipinski definition) is 2. The van der Waals surface area contributed by atoms with E-state index in [2.05, 4.69) is 15.2 Å². The van der Waals surface area contributed by atoms with Gasteiger partial charge in [-0.25, -0.2) is 14.2 Å². The van der Waals surface area contributed by atoms with Gasteiger partial charge in [-0.3, -0.25) is 14.7 Å². The molecule has 0 bridgehead atoms. The third kappa shape index (κ3) is 3.86. The number of aliphatic imine (C=N–C) groups is 1. The Hall–Kier alpha value is -2.86. The first-order valence-corrected chi connectivity index (χ1v) is 13.7. The van der Waals surface area contributed by atoms with Crippen molar-refractivity contribution in [1.82, 2.24) is 15.2 Å². The fraction of sp³-hybridized carbons (Fsp3) is 0.462. The highest BCUT2D eigenvalue weighted by atomic mass is 35.5. The molecule has 5 atom stereocenters. The van der Waals surface area contributed by atoms with Crippen LogP contribution in [0.3, 0.4) is 0 Å². The van der Waals surface area contributed by atoms with Gasteiger partial charge >= 0.3 is 11.9 Å². The predicted molar refractivity (Wildman–Crippen MR) is 137 cm³/mol. The minimum Gasteiger partial charge on any atom is -0.481 e. The van der Waals surface area contributed by atoms with Crippen LogP contribution < -0.4 is 5.32 Å². The van der Waals surface area contributed by atoms with E-state index in [9.17, 15) is 19.1 Å². The van der Waals surface area contributed by atoms with Gasteiger partial charge in [0.05, 0.1) is 30.4 Å². The number of thiazole rings is 1. The summed E-state index contributed by atoms with van der Waals surface area (Å²) in [7, 11) is 0. The molecule has 3 fully saturated rings. The molecule has 12 heteroatoms. The second-order valence-electron chi connectivity index (χ2n) is 9.96. The second kappa shape index (κ2) is 9.71. The lowest BCUT2D eigenvalue weighted by molar-refractivity contribution is -0.222. The highest BCUT2D eigenvalue weighted by Gasteiger charge is 2.73. The number of benzene rings is 1. The Morgan fingerprint density at radius 1 is 1.39 bits per heavy atom. The minimum absolute atomic E-state index is 0.0433. The van der Waals surface area contributed by atoms with E-state index in [4.69, 9.17) is 26.1 Å². The molecule has 1 aromatic heterocycles. The molecule has 1 aromatic carbocycles. The molecule has 0 radical (unpaired) electrons. The van der Waals surface area contributed by atoms with Gasteiger partial charge in [0.2, 0.25) is 0 Å². The zero-order valence-corrected chi connectivity index (χ0v) is 22.1.